The second-order valence-corrected chi connectivity index (χ2v) is 9.25. The van der Waals surface area contributed by atoms with Crippen molar-refractivity contribution in [2.45, 2.75) is 4.90 Å². The highest BCUT2D eigenvalue weighted by Crippen LogP contribution is 2.35. The molecular formula is C24H21N3O6S. The normalized spacial score (nSPS) is 11.1. The molecule has 0 atom stereocenters. The summed E-state index contributed by atoms with van der Waals surface area (Å²) in [6, 6.07) is 17.9. The van der Waals surface area contributed by atoms with Gasteiger partial charge in [-0.15, -0.1) is 0 Å². The molecule has 10 heteroatoms. The number of hydrogen-bond donors (Lipinski definition) is 1. The summed E-state index contributed by atoms with van der Waals surface area (Å²) in [7, 11) is -0.430. The number of carbonyl (C=O) groups excluding carboxylic acids is 1. The van der Waals surface area contributed by atoms with Crippen LogP contribution in [0.15, 0.2) is 71.6 Å². The van der Waals surface area contributed by atoms with Crippen molar-refractivity contribution in [1.82, 2.24) is 9.97 Å². The molecule has 0 saturated heterocycles. The minimum atomic E-state index is -3.45. The van der Waals surface area contributed by atoms with Gasteiger partial charge < -0.3 is 19.5 Å². The fourth-order valence-electron chi connectivity index (χ4n) is 3.16. The van der Waals surface area contributed by atoms with Crippen LogP contribution < -0.4 is 19.5 Å². The third-order valence-corrected chi connectivity index (χ3v) is 5.96. The monoisotopic (exact) mass is 479 g/mol. The molecule has 3 aromatic carbocycles. The van der Waals surface area contributed by atoms with Crippen LogP contribution in [0.1, 0.15) is 10.5 Å². The first kappa shape index (κ1) is 23.0. The molecule has 34 heavy (non-hydrogen) atoms. The molecule has 1 amide bonds. The van der Waals surface area contributed by atoms with Gasteiger partial charge in [-0.25, -0.2) is 18.4 Å². The van der Waals surface area contributed by atoms with Crippen LogP contribution in [0.5, 0.6) is 23.1 Å². The lowest BCUT2D eigenvalue weighted by atomic mass is 10.2. The average molecular weight is 480 g/mol. The molecule has 1 N–H and O–H groups in total. The summed E-state index contributed by atoms with van der Waals surface area (Å²) >= 11 is 0. The van der Waals surface area contributed by atoms with Gasteiger partial charge in [0.15, 0.2) is 27.0 Å². The van der Waals surface area contributed by atoms with Crippen molar-refractivity contribution >= 4 is 32.5 Å². The third kappa shape index (κ3) is 4.91. The first-order valence-electron chi connectivity index (χ1n) is 10.1. The molecule has 0 unspecified atom stereocenters. The van der Waals surface area contributed by atoms with Gasteiger partial charge >= 0.3 is 0 Å². The Balaban J connectivity index is 1.75. The lowest BCUT2D eigenvalue weighted by Gasteiger charge is -2.14. The lowest BCUT2D eigenvalue weighted by Crippen LogP contribution is -2.16. The maximum Gasteiger partial charge on any atom is 0.279 e. The molecule has 1 heterocycles. The molecule has 174 valence electrons. The number of amides is 1. The number of para-hydroxylation sites is 2. The number of hydrogen-bond acceptors (Lipinski definition) is 8. The molecule has 0 aliphatic heterocycles. The number of nitrogens with zero attached hydrogens (tertiary/aromatic N) is 2. The summed E-state index contributed by atoms with van der Waals surface area (Å²) in [4.78, 5) is 22.2. The number of benzene rings is 3. The molecule has 1 aromatic heterocycles. The Kier molecular flexibility index (Phi) is 6.33. The van der Waals surface area contributed by atoms with E-state index in [4.69, 9.17) is 14.2 Å². The van der Waals surface area contributed by atoms with E-state index in [1.165, 1.54) is 32.4 Å². The predicted octanol–water partition coefficient (Wildman–Crippen LogP) is 4.10. The SMILES string of the molecule is COc1ccc(Oc2nc3ccccc3nc2C(=O)Nc2cccc(S(C)(=O)=O)c2)c(OC)c1. The van der Waals surface area contributed by atoms with Crippen LogP contribution in [0.3, 0.4) is 0 Å². The van der Waals surface area contributed by atoms with E-state index in [1.54, 1.807) is 48.5 Å². The number of aromatic nitrogens is 2. The van der Waals surface area contributed by atoms with E-state index in [1.807, 2.05) is 0 Å². The van der Waals surface area contributed by atoms with Crippen LogP contribution in [0.2, 0.25) is 0 Å². The lowest BCUT2D eigenvalue weighted by molar-refractivity contribution is 0.101. The number of anilines is 1. The number of methoxy groups -OCH3 is 2. The number of ether oxygens (including phenoxy) is 3. The Morgan fingerprint density at radius 3 is 2.26 bits per heavy atom. The fraction of sp³-hybridized carbons (Fsp3) is 0.125. The number of nitrogens with one attached hydrogen (secondary N) is 1. The highest BCUT2D eigenvalue weighted by Gasteiger charge is 2.21. The average Bonchev–Trinajstić information content (AvgIpc) is 2.83. The van der Waals surface area contributed by atoms with E-state index in [9.17, 15) is 13.2 Å². The van der Waals surface area contributed by atoms with Gasteiger partial charge in [-0.1, -0.05) is 18.2 Å². The summed E-state index contributed by atoms with van der Waals surface area (Å²) in [6.45, 7) is 0. The van der Waals surface area contributed by atoms with Crippen molar-refractivity contribution in [2.75, 3.05) is 25.8 Å². The van der Waals surface area contributed by atoms with Gasteiger partial charge in [0.1, 0.15) is 5.75 Å². The second kappa shape index (κ2) is 9.36. The fourth-order valence-corrected chi connectivity index (χ4v) is 3.83. The van der Waals surface area contributed by atoms with Gasteiger partial charge in [0.05, 0.1) is 30.1 Å². The van der Waals surface area contributed by atoms with Gasteiger partial charge in [-0.3, -0.25) is 4.79 Å². The van der Waals surface area contributed by atoms with E-state index in [-0.39, 0.29) is 22.2 Å². The quantitative estimate of drug-likeness (QED) is 0.421. The van der Waals surface area contributed by atoms with Crippen LogP contribution in [-0.4, -0.2) is 44.8 Å². The van der Waals surface area contributed by atoms with E-state index in [2.05, 4.69) is 15.3 Å². The minimum Gasteiger partial charge on any atom is -0.497 e. The molecule has 0 aliphatic rings. The number of carbonyl (C=O) groups is 1. The van der Waals surface area contributed by atoms with Gasteiger partial charge in [0.2, 0.25) is 0 Å². The van der Waals surface area contributed by atoms with E-state index in [0.717, 1.165) is 6.26 Å². The Labute approximate surface area is 196 Å². The first-order chi connectivity index (χ1) is 16.3. The van der Waals surface area contributed by atoms with Crippen LogP contribution in [-0.2, 0) is 9.84 Å². The summed E-state index contributed by atoms with van der Waals surface area (Å²) < 4.78 is 40.3. The zero-order valence-corrected chi connectivity index (χ0v) is 19.4. The van der Waals surface area contributed by atoms with Gasteiger partial charge in [0, 0.05) is 18.0 Å². The topological polar surface area (TPSA) is 117 Å². The molecule has 0 fully saturated rings. The second-order valence-electron chi connectivity index (χ2n) is 7.24. The van der Waals surface area contributed by atoms with E-state index >= 15 is 0 Å². The van der Waals surface area contributed by atoms with Crippen molar-refractivity contribution in [3.63, 3.8) is 0 Å². The molecule has 0 radical (unpaired) electrons. The largest absolute Gasteiger partial charge is 0.497 e. The standard InChI is InChI=1S/C24H21N3O6S/c1-31-16-11-12-20(21(14-16)32-2)33-24-22(26-18-9-4-5-10-19(18)27-24)23(28)25-15-7-6-8-17(13-15)34(3,29)30/h4-14H,1-3H3,(H,25,28). The minimum absolute atomic E-state index is 0.0427. The molecule has 4 aromatic rings. The zero-order chi connectivity index (χ0) is 24.3. The summed E-state index contributed by atoms with van der Waals surface area (Å²) in [5, 5.41) is 2.67. The third-order valence-electron chi connectivity index (χ3n) is 4.85. The number of fused-ring (bicyclic) bond motifs is 1. The van der Waals surface area contributed by atoms with Gasteiger partial charge in [-0.2, -0.15) is 0 Å². The van der Waals surface area contributed by atoms with Gasteiger partial charge in [-0.05, 0) is 42.5 Å². The Hall–Kier alpha value is -4.18. The smallest absolute Gasteiger partial charge is 0.279 e. The molecule has 4 rings (SSSR count). The van der Waals surface area contributed by atoms with E-state index < -0.39 is 15.7 Å². The van der Waals surface area contributed by atoms with Crippen LogP contribution in [0, 0.1) is 0 Å². The highest BCUT2D eigenvalue weighted by molar-refractivity contribution is 7.90. The van der Waals surface area contributed by atoms with Crippen molar-refractivity contribution in [3.05, 3.63) is 72.4 Å². The van der Waals surface area contributed by atoms with Crippen LogP contribution in [0.4, 0.5) is 5.69 Å². The summed E-state index contributed by atoms with van der Waals surface area (Å²) in [5.74, 6) is 0.588. The van der Waals surface area contributed by atoms with Crippen LogP contribution >= 0.6 is 0 Å². The summed E-state index contributed by atoms with van der Waals surface area (Å²) in [5.41, 5.74) is 1.23. The van der Waals surface area contributed by atoms with E-state index in [0.29, 0.717) is 28.3 Å². The van der Waals surface area contributed by atoms with Crippen molar-refractivity contribution in [1.29, 1.82) is 0 Å². The first-order valence-corrected chi connectivity index (χ1v) is 12.0. The van der Waals surface area contributed by atoms with Gasteiger partial charge in [0.25, 0.3) is 11.8 Å². The number of sulfone groups is 1. The molecule has 0 saturated carbocycles. The number of rotatable bonds is 7. The molecule has 0 aliphatic carbocycles. The predicted molar refractivity (Wildman–Crippen MR) is 127 cm³/mol. The summed E-state index contributed by atoms with van der Waals surface area (Å²) in [6.07, 6.45) is 1.09. The Bertz CT molecular complexity index is 1490. The Morgan fingerprint density at radius 1 is 0.853 bits per heavy atom. The molecule has 0 bridgehead atoms. The highest BCUT2D eigenvalue weighted by atomic mass is 32.2. The molecule has 9 nitrogen and oxygen atoms in total. The zero-order valence-electron chi connectivity index (χ0n) is 18.6. The van der Waals surface area contributed by atoms with Crippen molar-refractivity contribution < 1.29 is 27.4 Å². The Morgan fingerprint density at radius 2 is 1.59 bits per heavy atom. The van der Waals surface area contributed by atoms with Crippen molar-refractivity contribution in [3.8, 4) is 23.1 Å². The maximum atomic E-state index is 13.2. The molecular weight excluding hydrogens is 458 g/mol. The molecule has 0 spiro atoms. The maximum absolute atomic E-state index is 13.2. The van der Waals surface area contributed by atoms with Crippen molar-refractivity contribution in [2.24, 2.45) is 0 Å². The van der Waals surface area contributed by atoms with Crippen LogP contribution in [0.25, 0.3) is 11.0 Å².